The molecule has 0 radical (unpaired) electrons. The topological polar surface area (TPSA) is 38.0 Å². The molecule has 0 fully saturated rings. The molecule has 0 saturated heterocycles. The summed E-state index contributed by atoms with van der Waals surface area (Å²) in [5, 5.41) is 3.34. The second-order valence-corrected chi connectivity index (χ2v) is 4.42. The van der Waals surface area contributed by atoms with E-state index in [9.17, 15) is 0 Å². The first-order valence-corrected chi connectivity index (χ1v) is 5.22. The van der Waals surface area contributed by atoms with Crippen LogP contribution in [0.4, 0.5) is 0 Å². The first-order chi connectivity index (χ1) is 6.94. The van der Waals surface area contributed by atoms with Crippen LogP contribution in [-0.4, -0.2) is 5.66 Å². The van der Waals surface area contributed by atoms with Gasteiger partial charge in [-0.2, -0.15) is 0 Å². The van der Waals surface area contributed by atoms with E-state index in [1.54, 1.807) is 0 Å². The molecule has 1 unspecified atom stereocenters. The van der Waals surface area contributed by atoms with Gasteiger partial charge in [-0.25, -0.2) is 0 Å². The standard InChI is InChI=1S/C13H20N2/c1-5-11-8-6-7-9-12(11)10(2)15-13(3,4)14/h5-10,15H,1,14H2,2-4H3. The third-order valence-electron chi connectivity index (χ3n) is 2.27. The number of benzene rings is 1. The average Bonchev–Trinajstić information content (AvgIpc) is 2.15. The Morgan fingerprint density at radius 2 is 2.00 bits per heavy atom. The van der Waals surface area contributed by atoms with Gasteiger partial charge in [-0.15, -0.1) is 0 Å². The maximum absolute atomic E-state index is 5.93. The molecule has 0 aliphatic carbocycles. The van der Waals surface area contributed by atoms with Gasteiger partial charge in [0.1, 0.15) is 0 Å². The molecule has 0 spiro atoms. The summed E-state index contributed by atoms with van der Waals surface area (Å²) in [5.74, 6) is 0. The van der Waals surface area contributed by atoms with Gasteiger partial charge in [-0.1, -0.05) is 36.9 Å². The molecule has 2 heteroatoms. The molecule has 0 aliphatic heterocycles. The zero-order valence-corrected chi connectivity index (χ0v) is 9.75. The fourth-order valence-electron chi connectivity index (χ4n) is 1.73. The molecule has 15 heavy (non-hydrogen) atoms. The molecule has 1 aromatic carbocycles. The largest absolute Gasteiger partial charge is 0.314 e. The number of rotatable bonds is 4. The quantitative estimate of drug-likeness (QED) is 0.740. The van der Waals surface area contributed by atoms with Crippen LogP contribution in [-0.2, 0) is 0 Å². The van der Waals surface area contributed by atoms with Crippen LogP contribution in [0.15, 0.2) is 30.8 Å². The first-order valence-electron chi connectivity index (χ1n) is 5.22. The molecule has 3 N–H and O–H groups in total. The summed E-state index contributed by atoms with van der Waals surface area (Å²) in [6, 6.07) is 8.43. The lowest BCUT2D eigenvalue weighted by atomic mass is 10.0. The highest BCUT2D eigenvalue weighted by Gasteiger charge is 2.16. The van der Waals surface area contributed by atoms with E-state index in [1.807, 2.05) is 32.1 Å². The summed E-state index contributed by atoms with van der Waals surface area (Å²) in [7, 11) is 0. The van der Waals surface area contributed by atoms with Crippen molar-refractivity contribution in [2.75, 3.05) is 0 Å². The van der Waals surface area contributed by atoms with Crippen LogP contribution in [0, 0.1) is 0 Å². The highest BCUT2D eigenvalue weighted by Crippen LogP contribution is 2.19. The van der Waals surface area contributed by atoms with Gasteiger partial charge in [-0.3, -0.25) is 5.32 Å². The van der Waals surface area contributed by atoms with Gasteiger partial charge in [0.25, 0.3) is 0 Å². The highest BCUT2D eigenvalue weighted by molar-refractivity contribution is 5.52. The molecule has 0 heterocycles. The molecular formula is C13H20N2. The minimum atomic E-state index is -0.367. The molecule has 82 valence electrons. The Hall–Kier alpha value is -1.12. The van der Waals surface area contributed by atoms with Crippen LogP contribution in [0.5, 0.6) is 0 Å². The molecule has 0 bridgehead atoms. The molecule has 0 aliphatic rings. The van der Waals surface area contributed by atoms with Crippen LogP contribution in [0.3, 0.4) is 0 Å². The third-order valence-corrected chi connectivity index (χ3v) is 2.27. The molecule has 0 saturated carbocycles. The van der Waals surface area contributed by atoms with Crippen LogP contribution >= 0.6 is 0 Å². The summed E-state index contributed by atoms with van der Waals surface area (Å²) in [5.41, 5.74) is 7.94. The first kappa shape index (κ1) is 12.0. The Bertz CT molecular complexity index is 337. The summed E-state index contributed by atoms with van der Waals surface area (Å²) in [4.78, 5) is 0. The van der Waals surface area contributed by atoms with Crippen molar-refractivity contribution in [3.8, 4) is 0 Å². The maximum Gasteiger partial charge on any atom is 0.0608 e. The van der Waals surface area contributed by atoms with Gasteiger partial charge in [0.05, 0.1) is 5.66 Å². The second kappa shape index (κ2) is 4.60. The van der Waals surface area contributed by atoms with Gasteiger partial charge in [-0.05, 0) is 31.9 Å². The van der Waals surface area contributed by atoms with E-state index in [1.165, 1.54) is 5.56 Å². The van der Waals surface area contributed by atoms with Gasteiger partial charge in [0.2, 0.25) is 0 Å². The van der Waals surface area contributed by atoms with E-state index in [4.69, 9.17) is 5.73 Å². The SMILES string of the molecule is C=Cc1ccccc1C(C)NC(C)(C)N. The Labute approximate surface area is 92.2 Å². The van der Waals surface area contributed by atoms with Crippen molar-refractivity contribution in [1.29, 1.82) is 0 Å². The number of hydrogen-bond donors (Lipinski definition) is 2. The Morgan fingerprint density at radius 3 is 2.53 bits per heavy atom. The maximum atomic E-state index is 5.93. The van der Waals surface area contributed by atoms with E-state index in [0.717, 1.165) is 5.56 Å². The fraction of sp³-hybridized carbons (Fsp3) is 0.385. The summed E-state index contributed by atoms with van der Waals surface area (Å²) in [6.45, 7) is 9.84. The highest BCUT2D eigenvalue weighted by atomic mass is 15.1. The lowest BCUT2D eigenvalue weighted by Gasteiger charge is -2.27. The average molecular weight is 204 g/mol. The Morgan fingerprint density at radius 1 is 1.40 bits per heavy atom. The Balaban J connectivity index is 2.90. The minimum absolute atomic E-state index is 0.221. The summed E-state index contributed by atoms with van der Waals surface area (Å²) < 4.78 is 0. The van der Waals surface area contributed by atoms with Crippen molar-refractivity contribution < 1.29 is 0 Å². The van der Waals surface area contributed by atoms with Crippen molar-refractivity contribution >= 4 is 6.08 Å². The fourth-order valence-corrected chi connectivity index (χ4v) is 1.73. The smallest absolute Gasteiger partial charge is 0.0608 e. The molecule has 1 rings (SSSR count). The lowest BCUT2D eigenvalue weighted by molar-refractivity contribution is 0.359. The van der Waals surface area contributed by atoms with Crippen molar-refractivity contribution in [3.05, 3.63) is 42.0 Å². The molecule has 1 atom stereocenters. The van der Waals surface area contributed by atoms with E-state index >= 15 is 0 Å². The van der Waals surface area contributed by atoms with E-state index in [-0.39, 0.29) is 11.7 Å². The van der Waals surface area contributed by atoms with Crippen molar-refractivity contribution in [2.24, 2.45) is 5.73 Å². The minimum Gasteiger partial charge on any atom is -0.314 e. The number of nitrogens with two attached hydrogens (primary N) is 1. The van der Waals surface area contributed by atoms with Gasteiger partial charge in [0.15, 0.2) is 0 Å². The van der Waals surface area contributed by atoms with Crippen molar-refractivity contribution in [2.45, 2.75) is 32.5 Å². The predicted molar refractivity (Wildman–Crippen MR) is 66.4 cm³/mol. The van der Waals surface area contributed by atoms with Gasteiger partial charge < -0.3 is 5.73 Å². The molecule has 0 aromatic heterocycles. The van der Waals surface area contributed by atoms with Crippen LogP contribution < -0.4 is 11.1 Å². The van der Waals surface area contributed by atoms with Gasteiger partial charge >= 0.3 is 0 Å². The molecule has 1 aromatic rings. The summed E-state index contributed by atoms with van der Waals surface area (Å²) >= 11 is 0. The zero-order chi connectivity index (χ0) is 11.5. The normalized spacial score (nSPS) is 13.6. The molecular weight excluding hydrogens is 184 g/mol. The third kappa shape index (κ3) is 3.50. The monoisotopic (exact) mass is 204 g/mol. The van der Waals surface area contributed by atoms with E-state index in [0.29, 0.717) is 0 Å². The Kier molecular flexibility index (Phi) is 3.66. The van der Waals surface area contributed by atoms with Crippen molar-refractivity contribution in [1.82, 2.24) is 5.32 Å². The van der Waals surface area contributed by atoms with E-state index < -0.39 is 0 Å². The van der Waals surface area contributed by atoms with Crippen LogP contribution in [0.2, 0.25) is 0 Å². The molecule has 0 amide bonds. The van der Waals surface area contributed by atoms with Crippen molar-refractivity contribution in [3.63, 3.8) is 0 Å². The lowest BCUT2D eigenvalue weighted by Crippen LogP contribution is -2.48. The van der Waals surface area contributed by atoms with Crippen LogP contribution in [0.25, 0.3) is 6.08 Å². The predicted octanol–water partition coefficient (Wildman–Crippen LogP) is 2.67. The molecule has 2 nitrogen and oxygen atoms in total. The number of hydrogen-bond acceptors (Lipinski definition) is 2. The van der Waals surface area contributed by atoms with E-state index in [2.05, 4.69) is 31.0 Å². The number of nitrogens with one attached hydrogen (secondary N) is 1. The summed E-state index contributed by atoms with van der Waals surface area (Å²) in [6.07, 6.45) is 1.87. The zero-order valence-electron chi connectivity index (χ0n) is 9.75. The second-order valence-electron chi connectivity index (χ2n) is 4.42. The van der Waals surface area contributed by atoms with Crippen LogP contribution in [0.1, 0.15) is 37.9 Å². The van der Waals surface area contributed by atoms with Gasteiger partial charge in [0, 0.05) is 6.04 Å².